The van der Waals surface area contributed by atoms with E-state index in [9.17, 15) is 0 Å². The fourth-order valence-corrected chi connectivity index (χ4v) is 3.25. The molecule has 0 amide bonds. The summed E-state index contributed by atoms with van der Waals surface area (Å²) in [6.07, 6.45) is 7.56. The van der Waals surface area contributed by atoms with Crippen molar-refractivity contribution in [2.75, 3.05) is 13.6 Å². The van der Waals surface area contributed by atoms with Crippen LogP contribution in [0.15, 0.2) is 24.3 Å². The summed E-state index contributed by atoms with van der Waals surface area (Å²) in [7, 11) is 2.24. The Hall–Kier alpha value is -0.860. The lowest BCUT2D eigenvalue weighted by Gasteiger charge is -2.32. The molecule has 1 aromatic rings. The van der Waals surface area contributed by atoms with Crippen LogP contribution in [0.25, 0.3) is 0 Å². The van der Waals surface area contributed by atoms with Crippen LogP contribution in [0.5, 0.6) is 0 Å². The molecule has 0 saturated carbocycles. The van der Waals surface area contributed by atoms with E-state index in [1.807, 2.05) is 0 Å². The summed E-state index contributed by atoms with van der Waals surface area (Å²) >= 11 is 0. The summed E-state index contributed by atoms with van der Waals surface area (Å²) in [4.78, 5) is 2.49. The maximum atomic E-state index is 6.55. The van der Waals surface area contributed by atoms with Crippen LogP contribution >= 0.6 is 0 Å². The Morgan fingerprint density at radius 3 is 2.84 bits per heavy atom. The second-order valence-corrected chi connectivity index (χ2v) is 5.87. The molecular weight excluding hydrogens is 232 g/mol. The van der Waals surface area contributed by atoms with Crippen molar-refractivity contribution in [3.05, 3.63) is 35.4 Å². The van der Waals surface area contributed by atoms with Crippen LogP contribution in [0.2, 0.25) is 0 Å². The number of likely N-dealkylation sites (N-methyl/N-ethyl adjacent to an activating group) is 1. The van der Waals surface area contributed by atoms with Crippen molar-refractivity contribution in [2.45, 2.75) is 57.5 Å². The molecule has 0 saturated heterocycles. The lowest BCUT2D eigenvalue weighted by atomic mass is 9.96. The monoisotopic (exact) mass is 260 g/mol. The van der Waals surface area contributed by atoms with Crippen LogP contribution in [0.1, 0.15) is 56.2 Å². The van der Waals surface area contributed by atoms with E-state index in [2.05, 4.69) is 43.1 Å². The lowest BCUT2D eigenvalue weighted by Crippen LogP contribution is -2.40. The molecular formula is C17H28N2. The number of unbranched alkanes of at least 4 members (excludes halogenated alkanes) is 2. The van der Waals surface area contributed by atoms with Gasteiger partial charge in [-0.15, -0.1) is 0 Å². The number of hydrogen-bond donors (Lipinski definition) is 1. The molecule has 1 aliphatic carbocycles. The molecule has 2 N–H and O–H groups in total. The van der Waals surface area contributed by atoms with Gasteiger partial charge in [0, 0.05) is 12.1 Å². The van der Waals surface area contributed by atoms with Crippen LogP contribution in [-0.2, 0) is 6.42 Å². The van der Waals surface area contributed by atoms with Crippen molar-refractivity contribution < 1.29 is 0 Å². The van der Waals surface area contributed by atoms with Crippen LogP contribution in [0.3, 0.4) is 0 Å². The van der Waals surface area contributed by atoms with Crippen molar-refractivity contribution >= 4 is 0 Å². The standard InChI is InChI=1S/C17H28N2/c1-3-4-7-13-19(2)16-12-8-10-14-9-5-6-11-15(14)17(16)18/h5-6,9,11,16-17H,3-4,7-8,10,12-13,18H2,1-2H3. The van der Waals surface area contributed by atoms with Gasteiger partial charge in [-0.05, 0) is 50.4 Å². The second kappa shape index (κ2) is 7.06. The molecule has 2 rings (SSSR count). The SMILES string of the molecule is CCCCCN(C)C1CCCc2ccccc2C1N. The first kappa shape index (κ1) is 14.5. The first-order valence-corrected chi connectivity index (χ1v) is 7.77. The minimum Gasteiger partial charge on any atom is -0.323 e. The summed E-state index contributed by atoms with van der Waals surface area (Å²) in [5, 5.41) is 0. The Morgan fingerprint density at radius 2 is 2.05 bits per heavy atom. The molecule has 2 atom stereocenters. The molecule has 2 heteroatoms. The fourth-order valence-electron chi connectivity index (χ4n) is 3.25. The summed E-state index contributed by atoms with van der Waals surface area (Å²) in [5.41, 5.74) is 9.38. The van der Waals surface area contributed by atoms with E-state index in [0.29, 0.717) is 6.04 Å². The van der Waals surface area contributed by atoms with Crippen molar-refractivity contribution in [3.8, 4) is 0 Å². The number of benzene rings is 1. The molecule has 1 aliphatic rings. The van der Waals surface area contributed by atoms with Gasteiger partial charge in [-0.1, -0.05) is 44.0 Å². The highest BCUT2D eigenvalue weighted by Crippen LogP contribution is 2.29. The third kappa shape index (κ3) is 3.58. The molecule has 0 radical (unpaired) electrons. The molecule has 2 unspecified atom stereocenters. The summed E-state index contributed by atoms with van der Waals surface area (Å²) in [6.45, 7) is 3.43. The predicted octanol–water partition coefficient (Wildman–Crippen LogP) is 3.51. The first-order valence-electron chi connectivity index (χ1n) is 7.77. The van der Waals surface area contributed by atoms with E-state index in [1.54, 1.807) is 0 Å². The minimum absolute atomic E-state index is 0.172. The number of nitrogens with zero attached hydrogens (tertiary/aromatic N) is 1. The highest BCUT2D eigenvalue weighted by molar-refractivity contribution is 5.32. The smallest absolute Gasteiger partial charge is 0.0455 e. The first-order chi connectivity index (χ1) is 9.24. The molecule has 0 aromatic heterocycles. The van der Waals surface area contributed by atoms with E-state index < -0.39 is 0 Å². The average molecular weight is 260 g/mol. The highest BCUT2D eigenvalue weighted by atomic mass is 15.1. The van der Waals surface area contributed by atoms with Gasteiger partial charge in [0.05, 0.1) is 0 Å². The quantitative estimate of drug-likeness (QED) is 0.648. The van der Waals surface area contributed by atoms with Crippen molar-refractivity contribution in [3.63, 3.8) is 0 Å². The summed E-state index contributed by atoms with van der Waals surface area (Å²) in [5.74, 6) is 0. The molecule has 0 aliphatic heterocycles. The number of nitrogens with two attached hydrogens (primary N) is 1. The van der Waals surface area contributed by atoms with Gasteiger partial charge in [-0.25, -0.2) is 0 Å². The zero-order valence-corrected chi connectivity index (χ0v) is 12.4. The largest absolute Gasteiger partial charge is 0.323 e. The fraction of sp³-hybridized carbons (Fsp3) is 0.647. The Bertz CT molecular complexity index is 389. The van der Waals surface area contributed by atoms with Gasteiger partial charge in [-0.3, -0.25) is 0 Å². The van der Waals surface area contributed by atoms with E-state index in [4.69, 9.17) is 5.73 Å². The van der Waals surface area contributed by atoms with Crippen LogP contribution in [-0.4, -0.2) is 24.5 Å². The Labute approximate surface area is 118 Å². The topological polar surface area (TPSA) is 29.3 Å². The number of rotatable bonds is 5. The van der Waals surface area contributed by atoms with Crippen molar-refractivity contribution in [1.82, 2.24) is 4.90 Å². The zero-order chi connectivity index (χ0) is 13.7. The predicted molar refractivity (Wildman–Crippen MR) is 82.3 cm³/mol. The van der Waals surface area contributed by atoms with Crippen LogP contribution < -0.4 is 5.73 Å². The van der Waals surface area contributed by atoms with Gasteiger partial charge in [0.2, 0.25) is 0 Å². The maximum Gasteiger partial charge on any atom is 0.0455 e. The number of aryl methyl sites for hydroxylation is 1. The van der Waals surface area contributed by atoms with Gasteiger partial charge in [-0.2, -0.15) is 0 Å². The molecule has 106 valence electrons. The van der Waals surface area contributed by atoms with Crippen molar-refractivity contribution in [1.29, 1.82) is 0 Å². The van der Waals surface area contributed by atoms with Crippen LogP contribution in [0, 0.1) is 0 Å². The Kier molecular flexibility index (Phi) is 5.41. The normalized spacial score (nSPS) is 23.2. The van der Waals surface area contributed by atoms with Crippen LogP contribution in [0.4, 0.5) is 0 Å². The molecule has 2 nitrogen and oxygen atoms in total. The number of hydrogen-bond acceptors (Lipinski definition) is 2. The Balaban J connectivity index is 2.06. The second-order valence-electron chi connectivity index (χ2n) is 5.87. The summed E-state index contributed by atoms with van der Waals surface area (Å²) < 4.78 is 0. The molecule has 0 bridgehead atoms. The molecule has 19 heavy (non-hydrogen) atoms. The maximum absolute atomic E-state index is 6.55. The van der Waals surface area contributed by atoms with Gasteiger partial charge in [0.25, 0.3) is 0 Å². The minimum atomic E-state index is 0.172. The molecule has 1 aromatic carbocycles. The lowest BCUT2D eigenvalue weighted by molar-refractivity contribution is 0.197. The van der Waals surface area contributed by atoms with Gasteiger partial charge in [0.1, 0.15) is 0 Å². The zero-order valence-electron chi connectivity index (χ0n) is 12.4. The van der Waals surface area contributed by atoms with Crippen molar-refractivity contribution in [2.24, 2.45) is 5.73 Å². The molecule has 0 heterocycles. The third-order valence-electron chi connectivity index (χ3n) is 4.46. The Morgan fingerprint density at radius 1 is 1.26 bits per heavy atom. The third-order valence-corrected chi connectivity index (χ3v) is 4.46. The van der Waals surface area contributed by atoms with E-state index >= 15 is 0 Å². The highest BCUT2D eigenvalue weighted by Gasteiger charge is 2.27. The molecule has 0 fully saturated rings. The summed E-state index contributed by atoms with van der Waals surface area (Å²) in [6, 6.07) is 9.40. The van der Waals surface area contributed by atoms with Gasteiger partial charge >= 0.3 is 0 Å². The van der Waals surface area contributed by atoms with Gasteiger partial charge in [0.15, 0.2) is 0 Å². The van der Waals surface area contributed by atoms with E-state index in [0.717, 1.165) is 0 Å². The molecule has 0 spiro atoms. The average Bonchev–Trinajstić information content (AvgIpc) is 2.59. The number of fused-ring (bicyclic) bond motifs is 1. The van der Waals surface area contributed by atoms with Gasteiger partial charge < -0.3 is 10.6 Å². The van der Waals surface area contributed by atoms with E-state index in [-0.39, 0.29) is 6.04 Å². The van der Waals surface area contributed by atoms with E-state index in [1.165, 1.54) is 56.2 Å².